The molecule has 0 saturated carbocycles. The molecule has 0 fully saturated rings. The van der Waals surface area contributed by atoms with Gasteiger partial charge in [-0.1, -0.05) is 0 Å². The summed E-state index contributed by atoms with van der Waals surface area (Å²) in [6.07, 6.45) is 3.42. The number of alkyl halides is 1. The van der Waals surface area contributed by atoms with E-state index >= 15 is 0 Å². The maximum Gasteiger partial charge on any atom is 0.246 e. The Morgan fingerprint density at radius 2 is 2.05 bits per heavy atom. The first-order chi connectivity index (χ1) is 9.77. The number of sulfonamides is 1. The third-order valence-corrected chi connectivity index (χ3v) is 5.56. The van der Waals surface area contributed by atoms with E-state index in [1.807, 2.05) is 0 Å². The standard InChI is InChI=1S/C13H18ClN3O3S/c1-9-12(5-14)13(10(2)20-9)21(18,19)17(4)8-11-6-15-16(3)7-11/h6-7H,5,8H2,1-4H3. The average Bonchev–Trinajstić information content (AvgIpc) is 2.92. The zero-order valence-electron chi connectivity index (χ0n) is 12.4. The van der Waals surface area contributed by atoms with Crippen LogP contribution in [0, 0.1) is 13.8 Å². The smallest absolute Gasteiger partial charge is 0.246 e. The number of halogens is 1. The van der Waals surface area contributed by atoms with Crippen molar-refractivity contribution >= 4 is 21.6 Å². The number of hydrogen-bond donors (Lipinski definition) is 0. The summed E-state index contributed by atoms with van der Waals surface area (Å²) in [6, 6.07) is 0. The fourth-order valence-corrected chi connectivity index (χ4v) is 4.22. The second kappa shape index (κ2) is 5.82. The van der Waals surface area contributed by atoms with Gasteiger partial charge in [0, 0.05) is 38.0 Å². The Hall–Kier alpha value is -1.31. The predicted octanol–water partition coefficient (Wildman–Crippen LogP) is 2.19. The van der Waals surface area contributed by atoms with E-state index in [0.29, 0.717) is 17.1 Å². The quantitative estimate of drug-likeness (QED) is 0.788. The van der Waals surface area contributed by atoms with Crippen LogP contribution >= 0.6 is 11.6 Å². The summed E-state index contributed by atoms with van der Waals surface area (Å²) in [7, 11) is -0.348. The first-order valence-electron chi connectivity index (χ1n) is 6.36. The van der Waals surface area contributed by atoms with Gasteiger partial charge < -0.3 is 4.42 Å². The first kappa shape index (κ1) is 16.1. The highest BCUT2D eigenvalue weighted by Crippen LogP contribution is 2.30. The van der Waals surface area contributed by atoms with E-state index in [0.717, 1.165) is 5.56 Å². The number of nitrogens with zero attached hydrogens (tertiary/aromatic N) is 3. The van der Waals surface area contributed by atoms with Gasteiger partial charge in [-0.15, -0.1) is 11.6 Å². The van der Waals surface area contributed by atoms with Gasteiger partial charge in [-0.05, 0) is 13.8 Å². The molecule has 0 atom stereocenters. The van der Waals surface area contributed by atoms with E-state index in [-0.39, 0.29) is 17.3 Å². The molecule has 0 spiro atoms. The van der Waals surface area contributed by atoms with Crippen molar-refractivity contribution < 1.29 is 12.8 Å². The summed E-state index contributed by atoms with van der Waals surface area (Å²) >= 11 is 5.87. The minimum absolute atomic E-state index is 0.0957. The van der Waals surface area contributed by atoms with Crippen molar-refractivity contribution in [1.82, 2.24) is 14.1 Å². The molecule has 0 saturated heterocycles. The summed E-state index contributed by atoms with van der Waals surface area (Å²) < 4.78 is 33.8. The van der Waals surface area contributed by atoms with E-state index in [1.54, 1.807) is 38.0 Å². The van der Waals surface area contributed by atoms with Crippen LogP contribution in [0.2, 0.25) is 0 Å². The van der Waals surface area contributed by atoms with Crippen LogP contribution in [0.3, 0.4) is 0 Å². The van der Waals surface area contributed by atoms with Crippen molar-refractivity contribution in [2.24, 2.45) is 7.05 Å². The Labute approximate surface area is 129 Å². The van der Waals surface area contributed by atoms with Gasteiger partial charge >= 0.3 is 0 Å². The van der Waals surface area contributed by atoms with Gasteiger partial charge in [0.2, 0.25) is 10.0 Å². The van der Waals surface area contributed by atoms with Crippen LogP contribution in [0.5, 0.6) is 0 Å². The Balaban J connectivity index is 2.37. The fourth-order valence-electron chi connectivity index (χ4n) is 2.25. The number of hydrogen-bond acceptors (Lipinski definition) is 4. The lowest BCUT2D eigenvalue weighted by Gasteiger charge is -2.16. The molecule has 8 heteroatoms. The zero-order valence-corrected chi connectivity index (χ0v) is 14.0. The normalized spacial score (nSPS) is 12.3. The van der Waals surface area contributed by atoms with Gasteiger partial charge in [-0.3, -0.25) is 4.68 Å². The number of aromatic nitrogens is 2. The highest BCUT2D eigenvalue weighted by atomic mass is 35.5. The Kier molecular flexibility index (Phi) is 4.46. The van der Waals surface area contributed by atoms with Crippen LogP contribution in [0.15, 0.2) is 21.7 Å². The van der Waals surface area contributed by atoms with Crippen molar-refractivity contribution in [3.05, 3.63) is 35.0 Å². The van der Waals surface area contributed by atoms with Gasteiger partial charge in [0.05, 0.1) is 12.1 Å². The summed E-state index contributed by atoms with van der Waals surface area (Å²) in [6.45, 7) is 3.58. The van der Waals surface area contributed by atoms with Crippen LogP contribution in [-0.2, 0) is 29.5 Å². The minimum atomic E-state index is -3.66. The Morgan fingerprint density at radius 3 is 2.57 bits per heavy atom. The summed E-state index contributed by atoms with van der Waals surface area (Å²) in [5, 5.41) is 4.04. The van der Waals surface area contributed by atoms with Crippen molar-refractivity contribution in [2.45, 2.75) is 31.2 Å². The van der Waals surface area contributed by atoms with Gasteiger partial charge in [0.15, 0.2) is 0 Å². The molecule has 2 aromatic rings. The summed E-state index contributed by atoms with van der Waals surface area (Å²) in [4.78, 5) is 0.168. The van der Waals surface area contributed by atoms with Crippen molar-refractivity contribution in [2.75, 3.05) is 7.05 Å². The molecule has 21 heavy (non-hydrogen) atoms. The van der Waals surface area contributed by atoms with E-state index in [1.165, 1.54) is 11.4 Å². The molecule has 2 rings (SSSR count). The van der Waals surface area contributed by atoms with E-state index in [2.05, 4.69) is 5.10 Å². The van der Waals surface area contributed by atoms with Crippen LogP contribution in [0.1, 0.15) is 22.6 Å². The molecule has 0 amide bonds. The molecule has 6 nitrogen and oxygen atoms in total. The van der Waals surface area contributed by atoms with Crippen LogP contribution in [-0.4, -0.2) is 29.6 Å². The molecule has 0 bridgehead atoms. The molecule has 0 N–H and O–H groups in total. The summed E-state index contributed by atoms with van der Waals surface area (Å²) in [5.74, 6) is 0.996. The number of rotatable bonds is 5. The first-order valence-corrected chi connectivity index (χ1v) is 8.33. The molecule has 0 aliphatic heterocycles. The van der Waals surface area contributed by atoms with Crippen LogP contribution < -0.4 is 0 Å². The second-order valence-corrected chi connectivity index (χ2v) is 7.19. The van der Waals surface area contributed by atoms with Gasteiger partial charge in [0.25, 0.3) is 0 Å². The lowest BCUT2D eigenvalue weighted by atomic mass is 10.3. The van der Waals surface area contributed by atoms with Crippen molar-refractivity contribution in [3.8, 4) is 0 Å². The van der Waals surface area contributed by atoms with Crippen LogP contribution in [0.4, 0.5) is 0 Å². The highest BCUT2D eigenvalue weighted by Gasteiger charge is 2.30. The van der Waals surface area contributed by atoms with E-state index in [9.17, 15) is 8.42 Å². The minimum Gasteiger partial charge on any atom is -0.465 e. The number of furan rings is 1. The van der Waals surface area contributed by atoms with E-state index < -0.39 is 10.0 Å². The summed E-state index contributed by atoms with van der Waals surface area (Å²) in [5.41, 5.74) is 1.33. The van der Waals surface area contributed by atoms with Crippen LogP contribution in [0.25, 0.3) is 0 Å². The molecular weight excluding hydrogens is 314 g/mol. The van der Waals surface area contributed by atoms with E-state index in [4.69, 9.17) is 16.0 Å². The van der Waals surface area contributed by atoms with Gasteiger partial charge in [-0.2, -0.15) is 9.40 Å². The number of aryl methyl sites for hydroxylation is 3. The Bertz CT molecular complexity index is 749. The van der Waals surface area contributed by atoms with Crippen molar-refractivity contribution in [3.63, 3.8) is 0 Å². The molecule has 0 aromatic carbocycles. The second-order valence-electron chi connectivity index (χ2n) is 4.94. The van der Waals surface area contributed by atoms with Gasteiger partial charge in [0.1, 0.15) is 16.4 Å². The third-order valence-electron chi connectivity index (χ3n) is 3.29. The lowest BCUT2D eigenvalue weighted by Crippen LogP contribution is -2.27. The largest absolute Gasteiger partial charge is 0.465 e. The molecule has 0 unspecified atom stereocenters. The topological polar surface area (TPSA) is 68.3 Å². The molecule has 116 valence electrons. The molecule has 0 aliphatic rings. The van der Waals surface area contributed by atoms with Crippen molar-refractivity contribution in [1.29, 1.82) is 0 Å². The molecule has 0 radical (unpaired) electrons. The molecule has 0 aliphatic carbocycles. The zero-order chi connectivity index (χ0) is 15.8. The monoisotopic (exact) mass is 331 g/mol. The fraction of sp³-hybridized carbons (Fsp3) is 0.462. The maximum atomic E-state index is 12.7. The SMILES string of the molecule is Cc1oc(C)c(S(=O)(=O)N(C)Cc2cnn(C)c2)c1CCl. The lowest BCUT2D eigenvalue weighted by molar-refractivity contribution is 0.459. The molecule has 2 heterocycles. The highest BCUT2D eigenvalue weighted by molar-refractivity contribution is 7.89. The average molecular weight is 332 g/mol. The molecular formula is C13H18ClN3O3S. The predicted molar refractivity (Wildman–Crippen MR) is 79.6 cm³/mol. The Morgan fingerprint density at radius 1 is 1.38 bits per heavy atom. The maximum absolute atomic E-state index is 12.7. The van der Waals surface area contributed by atoms with Gasteiger partial charge in [-0.25, -0.2) is 8.42 Å². The third kappa shape index (κ3) is 3.00. The molecule has 2 aromatic heterocycles.